The number of nitrogens with zero attached hydrogens (tertiary/aromatic N) is 4. The molecule has 2 N–H and O–H groups in total. The Hall–Kier alpha value is -2.41. The highest BCUT2D eigenvalue weighted by Gasteiger charge is 2.46. The Balaban J connectivity index is 1.49. The molecule has 0 radical (unpaired) electrons. The van der Waals surface area contributed by atoms with Crippen LogP contribution in [0.4, 0.5) is 0 Å². The van der Waals surface area contributed by atoms with Crippen LogP contribution in [0.25, 0.3) is 5.52 Å². The average Bonchev–Trinajstić information content (AvgIpc) is 3.12. The predicted octanol–water partition coefficient (Wildman–Crippen LogP) is 1.28. The van der Waals surface area contributed by atoms with Crippen molar-refractivity contribution in [3.05, 3.63) is 36.2 Å². The molecule has 0 aromatic carbocycles. The number of carbonyl (C=O) groups excluding carboxylic acids is 2. The zero-order valence-corrected chi connectivity index (χ0v) is 14.9. The third-order valence-electron chi connectivity index (χ3n) is 5.89. The first-order valence-corrected chi connectivity index (χ1v) is 9.39. The molecule has 2 saturated heterocycles. The Kier molecular flexibility index (Phi) is 4.40. The highest BCUT2D eigenvalue weighted by Crippen LogP contribution is 2.32. The number of nitrogens with two attached hydrogens (primary N) is 1. The largest absolute Gasteiger partial charge is 0.368 e. The molecule has 0 atom stereocenters. The summed E-state index contributed by atoms with van der Waals surface area (Å²) >= 11 is 0. The number of primary amides is 1. The lowest BCUT2D eigenvalue weighted by molar-refractivity contribution is -0.134. The lowest BCUT2D eigenvalue weighted by Gasteiger charge is -2.48. The number of amides is 2. The highest BCUT2D eigenvalue weighted by molar-refractivity contribution is 5.94. The molecule has 0 spiro atoms. The number of rotatable bonds is 3. The maximum atomic E-state index is 12.8. The molecule has 0 unspecified atom stereocenters. The van der Waals surface area contributed by atoms with Crippen LogP contribution in [0.2, 0.25) is 0 Å². The zero-order valence-electron chi connectivity index (χ0n) is 14.9. The molecule has 2 amide bonds. The maximum Gasteiger partial charge on any atom is 0.274 e. The Morgan fingerprint density at radius 2 is 1.77 bits per heavy atom. The number of carbonyl (C=O) groups is 2. The van der Waals surface area contributed by atoms with Gasteiger partial charge in [-0.1, -0.05) is 12.5 Å². The Morgan fingerprint density at radius 3 is 2.42 bits per heavy atom. The first-order chi connectivity index (χ1) is 12.6. The second-order valence-corrected chi connectivity index (χ2v) is 7.34. The summed E-state index contributed by atoms with van der Waals surface area (Å²) in [6.07, 6.45) is 6.46. The van der Waals surface area contributed by atoms with Crippen molar-refractivity contribution in [1.29, 1.82) is 0 Å². The highest BCUT2D eigenvalue weighted by atomic mass is 16.2. The van der Waals surface area contributed by atoms with Crippen LogP contribution in [0, 0.1) is 0 Å². The van der Waals surface area contributed by atoms with Crippen molar-refractivity contribution >= 4 is 17.3 Å². The van der Waals surface area contributed by atoms with Crippen LogP contribution >= 0.6 is 0 Å². The molecular weight excluding hydrogens is 330 g/mol. The lowest BCUT2D eigenvalue weighted by atomic mass is 9.83. The summed E-state index contributed by atoms with van der Waals surface area (Å²) < 4.78 is 1.71. The van der Waals surface area contributed by atoms with Gasteiger partial charge in [-0.3, -0.25) is 14.5 Å². The van der Waals surface area contributed by atoms with Crippen LogP contribution in [-0.4, -0.2) is 62.9 Å². The van der Waals surface area contributed by atoms with Crippen LogP contribution in [0.15, 0.2) is 30.5 Å². The summed E-state index contributed by atoms with van der Waals surface area (Å²) in [5, 5.41) is 4.37. The van der Waals surface area contributed by atoms with E-state index in [2.05, 4.69) is 10.00 Å². The average molecular weight is 355 g/mol. The quantitative estimate of drug-likeness (QED) is 0.899. The Morgan fingerprint density at radius 1 is 1.04 bits per heavy atom. The summed E-state index contributed by atoms with van der Waals surface area (Å²) in [6, 6.07) is 7.54. The summed E-state index contributed by atoms with van der Waals surface area (Å²) in [5.41, 5.74) is 6.56. The van der Waals surface area contributed by atoms with Crippen molar-refractivity contribution in [2.24, 2.45) is 5.73 Å². The van der Waals surface area contributed by atoms with E-state index in [0.29, 0.717) is 31.6 Å². The van der Waals surface area contributed by atoms with E-state index in [1.807, 2.05) is 30.5 Å². The first kappa shape index (κ1) is 17.0. The summed E-state index contributed by atoms with van der Waals surface area (Å²) in [4.78, 5) is 29.2. The van der Waals surface area contributed by atoms with E-state index < -0.39 is 5.54 Å². The molecule has 4 rings (SSSR count). The fourth-order valence-corrected chi connectivity index (χ4v) is 4.32. The number of hydrogen-bond donors (Lipinski definition) is 1. The van der Waals surface area contributed by atoms with Crippen LogP contribution in [0.3, 0.4) is 0 Å². The topological polar surface area (TPSA) is 83.9 Å². The lowest BCUT2D eigenvalue weighted by Crippen LogP contribution is -2.63. The molecule has 4 heterocycles. The van der Waals surface area contributed by atoms with Gasteiger partial charge in [0.2, 0.25) is 5.91 Å². The summed E-state index contributed by atoms with van der Waals surface area (Å²) in [7, 11) is 0. The molecule has 2 aromatic rings. The minimum Gasteiger partial charge on any atom is -0.368 e. The number of likely N-dealkylation sites (tertiary alicyclic amines) is 2. The van der Waals surface area contributed by atoms with Crippen molar-refractivity contribution < 1.29 is 9.59 Å². The minimum atomic E-state index is -0.601. The Bertz CT molecular complexity index is 783. The van der Waals surface area contributed by atoms with E-state index in [0.717, 1.165) is 31.4 Å². The van der Waals surface area contributed by atoms with Crippen molar-refractivity contribution in [1.82, 2.24) is 19.4 Å². The fourth-order valence-electron chi connectivity index (χ4n) is 4.32. The van der Waals surface area contributed by atoms with Crippen LogP contribution in [-0.2, 0) is 4.79 Å². The van der Waals surface area contributed by atoms with E-state index in [9.17, 15) is 9.59 Å². The Labute approximate surface area is 152 Å². The van der Waals surface area contributed by atoms with Crippen LogP contribution in [0.5, 0.6) is 0 Å². The molecular formula is C19H25N5O2. The molecule has 2 aliphatic heterocycles. The number of fused-ring (bicyclic) bond motifs is 1. The first-order valence-electron chi connectivity index (χ1n) is 9.39. The number of hydrogen-bond acceptors (Lipinski definition) is 4. The monoisotopic (exact) mass is 355 g/mol. The third kappa shape index (κ3) is 2.86. The van der Waals surface area contributed by atoms with Gasteiger partial charge in [0, 0.05) is 19.3 Å². The van der Waals surface area contributed by atoms with Crippen LogP contribution < -0.4 is 5.73 Å². The van der Waals surface area contributed by atoms with E-state index in [4.69, 9.17) is 5.73 Å². The molecule has 7 heteroatoms. The van der Waals surface area contributed by atoms with Gasteiger partial charge in [0.05, 0.1) is 5.52 Å². The second kappa shape index (κ2) is 6.72. The van der Waals surface area contributed by atoms with E-state index in [-0.39, 0.29) is 11.8 Å². The smallest absolute Gasteiger partial charge is 0.274 e. The molecule has 138 valence electrons. The zero-order chi connectivity index (χ0) is 18.1. The molecule has 0 saturated carbocycles. The van der Waals surface area contributed by atoms with Crippen molar-refractivity contribution in [2.45, 2.75) is 37.6 Å². The van der Waals surface area contributed by atoms with Gasteiger partial charge in [-0.25, -0.2) is 4.52 Å². The third-order valence-corrected chi connectivity index (χ3v) is 5.89. The molecule has 0 aliphatic carbocycles. The predicted molar refractivity (Wildman–Crippen MR) is 97.7 cm³/mol. The van der Waals surface area contributed by atoms with Gasteiger partial charge >= 0.3 is 0 Å². The van der Waals surface area contributed by atoms with E-state index in [1.54, 1.807) is 9.42 Å². The maximum absolute atomic E-state index is 12.8. The van der Waals surface area contributed by atoms with Gasteiger partial charge in [0.15, 0.2) is 5.69 Å². The number of pyridine rings is 1. The van der Waals surface area contributed by atoms with Gasteiger partial charge in [-0.05, 0) is 57.0 Å². The summed E-state index contributed by atoms with van der Waals surface area (Å²) in [5.74, 6) is -0.329. The molecule has 2 fully saturated rings. The number of aromatic nitrogens is 2. The molecule has 7 nitrogen and oxygen atoms in total. The van der Waals surface area contributed by atoms with Gasteiger partial charge in [0.1, 0.15) is 5.54 Å². The summed E-state index contributed by atoms with van der Waals surface area (Å²) in [6.45, 7) is 2.91. The fraction of sp³-hybridized carbons (Fsp3) is 0.526. The normalized spacial score (nSPS) is 21.0. The second-order valence-electron chi connectivity index (χ2n) is 7.34. The van der Waals surface area contributed by atoms with E-state index in [1.165, 1.54) is 6.42 Å². The van der Waals surface area contributed by atoms with Gasteiger partial charge in [-0.2, -0.15) is 5.10 Å². The molecule has 26 heavy (non-hydrogen) atoms. The molecule has 2 aliphatic rings. The van der Waals surface area contributed by atoms with Gasteiger partial charge in [0.25, 0.3) is 5.91 Å². The van der Waals surface area contributed by atoms with E-state index >= 15 is 0 Å². The van der Waals surface area contributed by atoms with Crippen LogP contribution in [0.1, 0.15) is 42.6 Å². The van der Waals surface area contributed by atoms with Crippen molar-refractivity contribution in [3.63, 3.8) is 0 Å². The number of piperidine rings is 2. The van der Waals surface area contributed by atoms with Gasteiger partial charge < -0.3 is 10.6 Å². The standard InChI is InChI=1S/C19H25N5O2/c20-18(26)19(23-9-3-1-4-10-23)7-12-22(13-8-19)17(25)16-14-15-6-2-5-11-24(15)21-16/h2,5-6,11,14H,1,3-4,7-10,12-13H2,(H2,20,26). The minimum absolute atomic E-state index is 0.0783. The van der Waals surface area contributed by atoms with Crippen molar-refractivity contribution in [3.8, 4) is 0 Å². The molecule has 0 bridgehead atoms. The molecule has 2 aromatic heterocycles. The SMILES string of the molecule is NC(=O)C1(N2CCCCC2)CCN(C(=O)c2cc3ccccn3n2)CC1. The van der Waals surface area contributed by atoms with Gasteiger partial charge in [-0.15, -0.1) is 0 Å². The van der Waals surface area contributed by atoms with Crippen molar-refractivity contribution in [2.75, 3.05) is 26.2 Å².